The number of rotatable bonds is 21. The summed E-state index contributed by atoms with van der Waals surface area (Å²) in [7, 11) is 0. The second-order valence-electron chi connectivity index (χ2n) is 10.1. The molecule has 0 unspecified atom stereocenters. The lowest BCUT2D eigenvalue weighted by Gasteiger charge is -2.41. The molecule has 5 atom stereocenters. The number of hydrogen-bond donors (Lipinski definition) is 3. The van der Waals surface area contributed by atoms with Crippen molar-refractivity contribution in [2.45, 2.75) is 83.2 Å². The quantitative estimate of drug-likeness (QED) is 0.180. The predicted octanol–water partition coefficient (Wildman–Crippen LogP) is 0.414. The fraction of sp³-hybridized carbons (Fsp3) is 0.885. The molecule has 1 aromatic heterocycles. The number of carbonyl (C=O) groups excluding carboxylic acids is 1. The summed E-state index contributed by atoms with van der Waals surface area (Å²) < 4.78 is 35.4. The van der Waals surface area contributed by atoms with Crippen molar-refractivity contribution in [1.82, 2.24) is 20.3 Å². The van der Waals surface area contributed by atoms with Crippen LogP contribution in [0.5, 0.6) is 0 Å². The maximum absolute atomic E-state index is 11.3. The third kappa shape index (κ3) is 10.3. The zero-order valence-electron chi connectivity index (χ0n) is 23.3. The van der Waals surface area contributed by atoms with Gasteiger partial charge in [0.2, 0.25) is 5.91 Å². The fourth-order valence-electron chi connectivity index (χ4n) is 4.48. The van der Waals surface area contributed by atoms with E-state index < -0.39 is 24.1 Å². The first-order valence-corrected chi connectivity index (χ1v) is 14.1. The van der Waals surface area contributed by atoms with Gasteiger partial charge in [0.15, 0.2) is 6.29 Å². The van der Waals surface area contributed by atoms with Gasteiger partial charge in [0.25, 0.3) is 0 Å². The van der Waals surface area contributed by atoms with Gasteiger partial charge >= 0.3 is 0 Å². The summed E-state index contributed by atoms with van der Waals surface area (Å²) in [6.45, 7) is 9.27. The molecule has 3 heterocycles. The molecule has 0 radical (unpaired) electrons. The fourth-order valence-corrected chi connectivity index (χ4v) is 4.48. The van der Waals surface area contributed by atoms with E-state index in [1.165, 1.54) is 0 Å². The minimum Gasteiger partial charge on any atom is -0.390 e. The van der Waals surface area contributed by atoms with Crippen molar-refractivity contribution in [2.24, 2.45) is 5.92 Å². The molecule has 0 aliphatic carbocycles. The maximum Gasteiger partial charge on any atom is 0.220 e. The van der Waals surface area contributed by atoms with E-state index in [0.29, 0.717) is 71.5 Å². The van der Waals surface area contributed by atoms with E-state index in [1.54, 1.807) is 17.8 Å². The summed E-state index contributed by atoms with van der Waals surface area (Å²) in [4.78, 5) is 11.3. The summed E-state index contributed by atoms with van der Waals surface area (Å²) in [5, 5.41) is 31.9. The van der Waals surface area contributed by atoms with Crippen LogP contribution in [-0.4, -0.2) is 115 Å². The molecule has 3 N–H and O–H groups in total. The largest absolute Gasteiger partial charge is 0.390 e. The maximum atomic E-state index is 11.3. The first-order chi connectivity index (χ1) is 18.9. The number of aromatic nitrogens is 3. The Morgan fingerprint density at radius 3 is 2.38 bits per heavy atom. The Kier molecular flexibility index (Phi) is 14.0. The highest BCUT2D eigenvalue weighted by atomic mass is 16.7. The molecule has 0 saturated carbocycles. The third-order valence-electron chi connectivity index (χ3n) is 6.72. The van der Waals surface area contributed by atoms with E-state index >= 15 is 0 Å². The van der Waals surface area contributed by atoms with Crippen LogP contribution in [0.4, 0.5) is 0 Å². The highest BCUT2D eigenvalue weighted by Gasteiger charge is 2.58. The molecule has 1 aromatic rings. The second-order valence-corrected chi connectivity index (χ2v) is 10.1. The molecule has 13 heteroatoms. The normalized spacial score (nSPS) is 26.3. The van der Waals surface area contributed by atoms with Gasteiger partial charge in [-0.05, 0) is 25.7 Å². The lowest BCUT2D eigenvalue weighted by molar-refractivity contribution is -0.240. The number of ether oxygens (including phenoxy) is 6. The van der Waals surface area contributed by atoms with Crippen molar-refractivity contribution in [1.29, 1.82) is 0 Å². The number of aliphatic hydroxyl groups is 2. The molecular formula is C26H46N4O9. The van der Waals surface area contributed by atoms with Gasteiger partial charge in [-0.2, -0.15) is 0 Å². The third-order valence-corrected chi connectivity index (χ3v) is 6.72. The summed E-state index contributed by atoms with van der Waals surface area (Å²) in [5.41, 5.74) is -0.364. The molecule has 224 valence electrons. The van der Waals surface area contributed by atoms with Crippen molar-refractivity contribution in [3.63, 3.8) is 0 Å². The molecule has 2 saturated heterocycles. The van der Waals surface area contributed by atoms with E-state index in [0.717, 1.165) is 25.7 Å². The zero-order chi connectivity index (χ0) is 27.9. The van der Waals surface area contributed by atoms with Crippen LogP contribution in [0, 0.1) is 5.92 Å². The van der Waals surface area contributed by atoms with Crippen molar-refractivity contribution in [3.8, 4) is 0 Å². The van der Waals surface area contributed by atoms with E-state index in [-0.39, 0.29) is 25.0 Å². The molecule has 0 spiro atoms. The van der Waals surface area contributed by atoms with Gasteiger partial charge in [0.05, 0.1) is 38.7 Å². The summed E-state index contributed by atoms with van der Waals surface area (Å²) >= 11 is 0. The molecular weight excluding hydrogens is 512 g/mol. The van der Waals surface area contributed by atoms with Gasteiger partial charge in [-0.15, -0.1) is 5.10 Å². The number of nitrogens with zero attached hydrogens (tertiary/aromatic N) is 3. The summed E-state index contributed by atoms with van der Waals surface area (Å²) in [5.74, 6) is -0.226. The Hall–Kier alpha value is -1.71. The first-order valence-electron chi connectivity index (χ1n) is 14.1. The Labute approximate surface area is 230 Å². The zero-order valence-corrected chi connectivity index (χ0v) is 23.3. The molecule has 39 heavy (non-hydrogen) atoms. The van der Waals surface area contributed by atoms with Crippen molar-refractivity contribution >= 4 is 5.91 Å². The Balaban J connectivity index is 1.11. The number of amides is 1. The van der Waals surface area contributed by atoms with Crippen LogP contribution < -0.4 is 5.32 Å². The van der Waals surface area contributed by atoms with Crippen LogP contribution in [0.1, 0.15) is 51.6 Å². The lowest BCUT2D eigenvalue weighted by Crippen LogP contribution is -2.59. The van der Waals surface area contributed by atoms with Gasteiger partial charge in [-0.1, -0.05) is 19.1 Å². The minimum absolute atomic E-state index is 0.0734. The van der Waals surface area contributed by atoms with E-state index in [9.17, 15) is 15.0 Å². The van der Waals surface area contributed by atoms with E-state index in [4.69, 9.17) is 28.4 Å². The lowest BCUT2D eigenvalue weighted by atomic mass is 9.85. The van der Waals surface area contributed by atoms with Crippen LogP contribution in [0.15, 0.2) is 6.20 Å². The van der Waals surface area contributed by atoms with Crippen LogP contribution in [0.25, 0.3) is 0 Å². The van der Waals surface area contributed by atoms with E-state index in [1.807, 2.05) is 6.92 Å². The number of carbonyl (C=O) groups is 1. The second kappa shape index (κ2) is 17.2. The van der Waals surface area contributed by atoms with E-state index in [2.05, 4.69) is 15.6 Å². The van der Waals surface area contributed by atoms with Gasteiger partial charge in [-0.25, -0.2) is 4.68 Å². The van der Waals surface area contributed by atoms with Gasteiger partial charge < -0.3 is 44.0 Å². The molecule has 0 aromatic carbocycles. The molecule has 2 aliphatic rings. The SMILES string of the molecule is CCCC(=O)NCCOCCCOCCCOCCCOCc1cn(C[C@@]23CO[C@@H](O2)[C@H](C)[C@@H](O)[C@H]3O)nn1. The predicted molar refractivity (Wildman–Crippen MR) is 139 cm³/mol. The standard InChI is InChI=1S/C26H46N4O9/c1-3-7-22(31)27-8-15-36-13-5-11-34-9-4-10-35-12-6-14-37-17-21-16-30(29-28-21)18-26-19-38-25(39-26)20(2)23(32)24(26)33/h16,20,23-25,32-33H,3-15,17-19H2,1-2H3,(H,27,31)/t20-,23-,24-,25+,26+/m1/s1. The summed E-state index contributed by atoms with van der Waals surface area (Å²) in [6.07, 6.45) is 3.07. The van der Waals surface area contributed by atoms with Crippen molar-refractivity contribution < 1.29 is 43.4 Å². The number of fused-ring (bicyclic) bond motifs is 2. The van der Waals surface area contributed by atoms with Gasteiger partial charge in [0.1, 0.15) is 17.4 Å². The van der Waals surface area contributed by atoms with Crippen LogP contribution >= 0.6 is 0 Å². The molecule has 2 aliphatic heterocycles. The molecule has 1 amide bonds. The van der Waals surface area contributed by atoms with Gasteiger partial charge in [-0.3, -0.25) is 4.79 Å². The van der Waals surface area contributed by atoms with Crippen LogP contribution in [-0.2, 0) is 46.4 Å². The van der Waals surface area contributed by atoms with Crippen LogP contribution in [0.2, 0.25) is 0 Å². The topological polar surface area (TPSA) is 156 Å². The average molecular weight is 559 g/mol. The Morgan fingerprint density at radius 1 is 1.08 bits per heavy atom. The van der Waals surface area contributed by atoms with Crippen LogP contribution in [0.3, 0.4) is 0 Å². The summed E-state index contributed by atoms with van der Waals surface area (Å²) in [6, 6.07) is 0. The molecule has 2 bridgehead atoms. The minimum atomic E-state index is -1.07. The Bertz CT molecular complexity index is 829. The van der Waals surface area contributed by atoms with Gasteiger partial charge in [0, 0.05) is 58.5 Å². The molecule has 13 nitrogen and oxygen atoms in total. The molecule has 2 fully saturated rings. The number of aliphatic hydroxyl groups excluding tert-OH is 2. The monoisotopic (exact) mass is 558 g/mol. The van der Waals surface area contributed by atoms with Crippen molar-refractivity contribution in [3.05, 3.63) is 11.9 Å². The first kappa shape index (κ1) is 31.8. The Morgan fingerprint density at radius 2 is 1.72 bits per heavy atom. The number of nitrogens with one attached hydrogen (secondary N) is 1. The van der Waals surface area contributed by atoms with Crippen molar-refractivity contribution in [2.75, 3.05) is 59.4 Å². The number of hydrogen-bond acceptors (Lipinski definition) is 11. The molecule has 3 rings (SSSR count). The average Bonchev–Trinajstić information content (AvgIpc) is 3.55. The highest BCUT2D eigenvalue weighted by molar-refractivity contribution is 5.75. The smallest absolute Gasteiger partial charge is 0.220 e. The highest BCUT2D eigenvalue weighted by Crippen LogP contribution is 2.40.